The summed E-state index contributed by atoms with van der Waals surface area (Å²) in [5.74, 6) is 0.770. The fraction of sp³-hybridized carbons (Fsp3) is 0.0476. The smallest absolute Gasteiger partial charge is 0.228 e. The van der Waals surface area contributed by atoms with Crippen LogP contribution in [-0.2, 0) is 0 Å². The number of benzene rings is 6. The zero-order valence-corrected chi connectivity index (χ0v) is 25.7. The highest BCUT2D eigenvalue weighted by Crippen LogP contribution is 2.38. The summed E-state index contributed by atoms with van der Waals surface area (Å²) in [6.45, 7) is 0. The third kappa shape index (κ3) is 4.31. The molecule has 0 amide bonds. The maximum absolute atomic E-state index is 6.43. The van der Waals surface area contributed by atoms with Gasteiger partial charge in [0.2, 0.25) is 5.71 Å². The Labute approximate surface area is 275 Å². The Kier molecular flexibility index (Phi) is 5.98. The number of amidine groups is 1. The van der Waals surface area contributed by atoms with Crippen molar-refractivity contribution >= 4 is 60.6 Å². The number of hydrogen-bond acceptors (Lipinski definition) is 6. The predicted molar refractivity (Wildman–Crippen MR) is 193 cm³/mol. The average Bonchev–Trinajstić information content (AvgIpc) is 3.73. The number of fused-ring (bicyclic) bond motifs is 7. The van der Waals surface area contributed by atoms with Gasteiger partial charge in [0.25, 0.3) is 0 Å². The second kappa shape index (κ2) is 10.7. The van der Waals surface area contributed by atoms with E-state index >= 15 is 0 Å². The van der Waals surface area contributed by atoms with E-state index in [9.17, 15) is 0 Å². The van der Waals surface area contributed by atoms with Crippen LogP contribution < -0.4 is 10.6 Å². The van der Waals surface area contributed by atoms with Gasteiger partial charge < -0.3 is 14.2 Å². The summed E-state index contributed by atoms with van der Waals surface area (Å²) in [5.41, 5.74) is 8.43. The van der Waals surface area contributed by atoms with E-state index < -0.39 is 0 Å². The highest BCUT2D eigenvalue weighted by Gasteiger charge is 2.29. The molecule has 1 aliphatic heterocycles. The zero-order valence-electron chi connectivity index (χ0n) is 25.7. The Morgan fingerprint density at radius 2 is 1.33 bits per heavy atom. The molecule has 0 saturated heterocycles. The van der Waals surface area contributed by atoms with E-state index in [1.54, 1.807) is 6.20 Å². The number of aliphatic imine (C=N–C) groups is 1. The normalized spacial score (nSPS) is 16.5. The van der Waals surface area contributed by atoms with Crippen LogP contribution in [0.4, 0.5) is 0 Å². The van der Waals surface area contributed by atoms with Gasteiger partial charge in [-0.15, -0.1) is 0 Å². The number of para-hydroxylation sites is 1. The van der Waals surface area contributed by atoms with E-state index in [2.05, 4.69) is 119 Å². The van der Waals surface area contributed by atoms with Crippen molar-refractivity contribution in [3.8, 4) is 11.1 Å². The number of hydrogen-bond donors (Lipinski definition) is 2. The Morgan fingerprint density at radius 1 is 0.562 bits per heavy atom. The highest BCUT2D eigenvalue weighted by molar-refractivity contribution is 6.18. The van der Waals surface area contributed by atoms with Crippen LogP contribution in [0.5, 0.6) is 0 Å². The molecule has 1 aliphatic rings. The molecule has 0 radical (unpaired) electrons. The summed E-state index contributed by atoms with van der Waals surface area (Å²) in [6.07, 6.45) is 1.25. The highest BCUT2D eigenvalue weighted by atomic mass is 16.3. The number of nitrogens with zero attached hydrogens (tertiary/aromatic N) is 2. The Balaban J connectivity index is 1.12. The largest absolute Gasteiger partial charge is 0.456 e. The standard InChI is InChI=1S/C42H28N4O2/c1-2-10-26(11-3-1)39-44-40(32-14-8-16-35-37(32)30-13-6-7-15-34(30)47-35)46-41(45-39)33-21-22-43-42-38(33)31-20-19-29(24-36(31)48-42)28-18-17-25-9-4-5-12-27(25)23-28/h1-24,39-40,44H,(H,45,46). The number of aromatic nitrogens is 1. The third-order valence-electron chi connectivity index (χ3n) is 9.44. The molecule has 6 nitrogen and oxygen atoms in total. The van der Waals surface area contributed by atoms with Crippen LogP contribution in [0.1, 0.15) is 29.0 Å². The Bertz CT molecular complexity index is 2710. The van der Waals surface area contributed by atoms with Gasteiger partial charge in [-0.2, -0.15) is 0 Å². The van der Waals surface area contributed by atoms with Gasteiger partial charge in [-0.1, -0.05) is 103 Å². The van der Waals surface area contributed by atoms with Crippen molar-refractivity contribution in [2.24, 2.45) is 4.99 Å². The number of rotatable bonds is 4. The van der Waals surface area contributed by atoms with Crippen molar-refractivity contribution in [1.29, 1.82) is 0 Å². The molecule has 2 N–H and O–H groups in total. The van der Waals surface area contributed by atoms with Crippen molar-refractivity contribution in [2.45, 2.75) is 12.3 Å². The topological polar surface area (TPSA) is 75.6 Å². The van der Waals surface area contributed by atoms with E-state index in [1.165, 1.54) is 10.8 Å². The molecular formula is C42H28N4O2. The first-order valence-corrected chi connectivity index (χ1v) is 16.1. The van der Waals surface area contributed by atoms with Crippen molar-refractivity contribution < 1.29 is 8.83 Å². The molecule has 228 valence electrons. The predicted octanol–water partition coefficient (Wildman–Crippen LogP) is 10.0. The summed E-state index contributed by atoms with van der Waals surface area (Å²) in [5, 5.41) is 14.1. The van der Waals surface area contributed by atoms with Crippen LogP contribution in [0.2, 0.25) is 0 Å². The molecule has 0 fully saturated rings. The van der Waals surface area contributed by atoms with Crippen LogP contribution in [0, 0.1) is 0 Å². The summed E-state index contributed by atoms with van der Waals surface area (Å²) < 4.78 is 12.7. The summed E-state index contributed by atoms with van der Waals surface area (Å²) in [7, 11) is 0. The first-order valence-electron chi connectivity index (χ1n) is 16.1. The van der Waals surface area contributed by atoms with Gasteiger partial charge in [-0.25, -0.2) is 9.98 Å². The maximum atomic E-state index is 6.43. The van der Waals surface area contributed by atoms with Crippen LogP contribution in [0.15, 0.2) is 160 Å². The molecule has 2 unspecified atom stereocenters. The minimum Gasteiger partial charge on any atom is -0.456 e. The SMILES string of the molecule is c1ccc(C2N=C(c3ccnc4oc5cc(-c6ccc7ccccc7c6)ccc5c34)NC(c3cccc4oc5ccccc5c34)N2)cc1. The van der Waals surface area contributed by atoms with Gasteiger partial charge in [0.1, 0.15) is 34.9 Å². The molecule has 0 spiro atoms. The Hall–Kier alpha value is -6.24. The average molecular weight is 621 g/mol. The lowest BCUT2D eigenvalue weighted by molar-refractivity contribution is 0.411. The molecule has 0 saturated carbocycles. The monoisotopic (exact) mass is 620 g/mol. The van der Waals surface area contributed by atoms with E-state index in [1.807, 2.05) is 36.4 Å². The van der Waals surface area contributed by atoms with Crippen molar-refractivity contribution in [3.63, 3.8) is 0 Å². The molecule has 10 rings (SSSR count). The second-order valence-electron chi connectivity index (χ2n) is 12.3. The van der Waals surface area contributed by atoms with Crippen molar-refractivity contribution in [3.05, 3.63) is 162 Å². The Morgan fingerprint density at radius 3 is 2.27 bits per heavy atom. The first kappa shape index (κ1) is 26.9. The van der Waals surface area contributed by atoms with E-state index in [-0.39, 0.29) is 12.3 Å². The van der Waals surface area contributed by atoms with E-state index in [0.717, 1.165) is 71.9 Å². The fourth-order valence-corrected chi connectivity index (χ4v) is 7.15. The summed E-state index contributed by atoms with van der Waals surface area (Å²) in [6, 6.07) is 48.2. The molecular weight excluding hydrogens is 592 g/mol. The minimum absolute atomic E-state index is 0.256. The maximum Gasteiger partial charge on any atom is 0.228 e. The molecule has 0 aliphatic carbocycles. The van der Waals surface area contributed by atoms with E-state index in [0.29, 0.717) is 5.71 Å². The number of furan rings is 2. The number of pyridine rings is 1. The first-order chi connectivity index (χ1) is 23.8. The van der Waals surface area contributed by atoms with Crippen LogP contribution in [-0.4, -0.2) is 10.8 Å². The van der Waals surface area contributed by atoms with Gasteiger partial charge in [0, 0.05) is 33.5 Å². The van der Waals surface area contributed by atoms with Gasteiger partial charge in [0.15, 0.2) is 0 Å². The molecule has 6 aromatic carbocycles. The summed E-state index contributed by atoms with van der Waals surface area (Å²) in [4.78, 5) is 9.92. The van der Waals surface area contributed by atoms with Crippen LogP contribution in [0.3, 0.4) is 0 Å². The second-order valence-corrected chi connectivity index (χ2v) is 12.3. The van der Waals surface area contributed by atoms with Gasteiger partial charge in [0.05, 0.1) is 5.39 Å². The zero-order chi connectivity index (χ0) is 31.6. The lowest BCUT2D eigenvalue weighted by Crippen LogP contribution is -2.45. The molecule has 6 heteroatoms. The quantitative estimate of drug-likeness (QED) is 0.205. The molecule has 9 aromatic rings. The van der Waals surface area contributed by atoms with Crippen LogP contribution in [0.25, 0.3) is 65.9 Å². The van der Waals surface area contributed by atoms with Crippen molar-refractivity contribution in [1.82, 2.24) is 15.6 Å². The molecule has 2 atom stereocenters. The molecule has 3 aromatic heterocycles. The minimum atomic E-state index is -0.290. The number of nitrogens with one attached hydrogen (secondary N) is 2. The van der Waals surface area contributed by atoms with Gasteiger partial charge >= 0.3 is 0 Å². The molecule has 4 heterocycles. The van der Waals surface area contributed by atoms with Gasteiger partial charge in [-0.05, 0) is 63.9 Å². The molecule has 48 heavy (non-hydrogen) atoms. The lowest BCUT2D eigenvalue weighted by atomic mass is 9.99. The van der Waals surface area contributed by atoms with Gasteiger partial charge in [-0.3, -0.25) is 5.32 Å². The fourth-order valence-electron chi connectivity index (χ4n) is 7.15. The lowest BCUT2D eigenvalue weighted by Gasteiger charge is -2.32. The molecule has 0 bridgehead atoms. The third-order valence-corrected chi connectivity index (χ3v) is 9.44. The van der Waals surface area contributed by atoms with Crippen LogP contribution >= 0.6 is 0 Å². The van der Waals surface area contributed by atoms with E-state index in [4.69, 9.17) is 13.8 Å². The van der Waals surface area contributed by atoms with Crippen molar-refractivity contribution in [2.75, 3.05) is 0 Å². The summed E-state index contributed by atoms with van der Waals surface area (Å²) >= 11 is 0.